The third-order valence-electron chi connectivity index (χ3n) is 9.96. The zero-order valence-corrected chi connectivity index (χ0v) is 28.0. The first-order chi connectivity index (χ1) is 21.1. The molecule has 0 saturated heterocycles. The van der Waals surface area contributed by atoms with Gasteiger partial charge in [-0.15, -0.1) is 0 Å². The van der Waals surface area contributed by atoms with Gasteiger partial charge in [-0.2, -0.15) is 0 Å². The molecule has 0 unspecified atom stereocenters. The zero-order valence-electron chi connectivity index (χ0n) is 28.0. The van der Waals surface area contributed by atoms with Gasteiger partial charge in [-0.05, 0) is 18.1 Å². The Morgan fingerprint density at radius 1 is 0.761 bits per heavy atom. The third-order valence-corrected chi connectivity index (χ3v) is 9.96. The van der Waals surface area contributed by atoms with Crippen LogP contribution in [-0.2, 0) is 57.2 Å². The smallest absolute Gasteiger partial charge is 0.303 e. The molecule has 258 valence electrons. The van der Waals surface area contributed by atoms with E-state index >= 15 is 0 Å². The van der Waals surface area contributed by atoms with Gasteiger partial charge in [-0.1, -0.05) is 20.8 Å². The quantitative estimate of drug-likeness (QED) is 0.228. The van der Waals surface area contributed by atoms with Crippen molar-refractivity contribution in [2.75, 3.05) is 6.61 Å². The van der Waals surface area contributed by atoms with Crippen LogP contribution < -0.4 is 0 Å². The molecule has 3 rings (SSSR count). The standard InChI is InChI=1S/C32H46O14/c1-14-23(43-17(4)35)12-32(40)28(39)26-21(13-41-15(2)33)22(42-16(3)34)11-24(44-18(5)36)31(26,10)29(46-20(7)38)27(45-19(6)37)25(14)30(32,8)9/h21-24,26-29,39-40H,11-13H2,1-10H3/t21-,22+,23+,24+,26+,27-,28+,29+,31-,32-/m1/s1. The van der Waals surface area contributed by atoms with Gasteiger partial charge >= 0.3 is 35.8 Å². The molecule has 0 aromatic carbocycles. The molecule has 14 heteroatoms. The fourth-order valence-corrected chi connectivity index (χ4v) is 8.08. The van der Waals surface area contributed by atoms with Crippen molar-refractivity contribution < 1.29 is 67.4 Å². The van der Waals surface area contributed by atoms with Crippen molar-refractivity contribution >= 4 is 35.8 Å². The minimum Gasteiger partial charge on any atom is -0.465 e. The van der Waals surface area contributed by atoms with Gasteiger partial charge in [0.2, 0.25) is 0 Å². The first kappa shape index (κ1) is 36.9. The van der Waals surface area contributed by atoms with E-state index in [1.165, 1.54) is 13.8 Å². The average Bonchev–Trinajstić information content (AvgIpc) is 2.88. The lowest BCUT2D eigenvalue weighted by molar-refractivity contribution is -0.281. The lowest BCUT2D eigenvalue weighted by Gasteiger charge is -2.64. The number of carbonyl (C=O) groups excluding carboxylic acids is 6. The normalized spacial score (nSPS) is 36.5. The van der Waals surface area contributed by atoms with E-state index in [4.69, 9.17) is 28.4 Å². The molecule has 0 aliphatic heterocycles. The highest BCUT2D eigenvalue weighted by Crippen LogP contribution is 2.62. The van der Waals surface area contributed by atoms with E-state index in [0.29, 0.717) is 5.57 Å². The maximum Gasteiger partial charge on any atom is 0.303 e. The number of hydrogen-bond acceptors (Lipinski definition) is 14. The maximum absolute atomic E-state index is 12.9. The molecule has 2 N–H and O–H groups in total. The highest BCUT2D eigenvalue weighted by molar-refractivity contribution is 5.70. The molecule has 2 saturated carbocycles. The van der Waals surface area contributed by atoms with Gasteiger partial charge in [0.1, 0.15) is 23.9 Å². The predicted octanol–water partition coefficient (Wildman–Crippen LogP) is 1.70. The molecular weight excluding hydrogens is 608 g/mol. The summed E-state index contributed by atoms with van der Waals surface area (Å²) in [4.78, 5) is 74.9. The minimum absolute atomic E-state index is 0.189. The lowest BCUT2D eigenvalue weighted by Crippen LogP contribution is -2.74. The van der Waals surface area contributed by atoms with Gasteiger partial charge in [0.25, 0.3) is 0 Å². The topological polar surface area (TPSA) is 198 Å². The van der Waals surface area contributed by atoms with Gasteiger partial charge in [-0.3, -0.25) is 28.8 Å². The summed E-state index contributed by atoms with van der Waals surface area (Å²) in [6, 6.07) is 0. The average molecular weight is 655 g/mol. The number of aliphatic hydroxyl groups excluding tert-OH is 1. The second-order valence-corrected chi connectivity index (χ2v) is 13.3. The van der Waals surface area contributed by atoms with E-state index in [1.807, 2.05) is 0 Å². The van der Waals surface area contributed by atoms with Crippen LogP contribution >= 0.6 is 0 Å². The number of esters is 6. The van der Waals surface area contributed by atoms with E-state index in [1.54, 1.807) is 27.7 Å². The van der Waals surface area contributed by atoms with Crippen molar-refractivity contribution in [1.29, 1.82) is 0 Å². The van der Waals surface area contributed by atoms with E-state index in [9.17, 15) is 39.0 Å². The van der Waals surface area contributed by atoms with E-state index in [-0.39, 0.29) is 18.4 Å². The van der Waals surface area contributed by atoms with Gasteiger partial charge in [0.05, 0.1) is 18.1 Å². The summed E-state index contributed by atoms with van der Waals surface area (Å²) >= 11 is 0. The summed E-state index contributed by atoms with van der Waals surface area (Å²) in [6.07, 6.45) is -8.78. The largest absolute Gasteiger partial charge is 0.465 e. The Morgan fingerprint density at radius 3 is 1.76 bits per heavy atom. The first-order valence-corrected chi connectivity index (χ1v) is 15.2. The number of fused-ring (bicyclic) bond motifs is 3. The molecule has 0 heterocycles. The Bertz CT molecular complexity index is 1300. The Hall–Kier alpha value is -3.52. The molecule has 0 radical (unpaired) electrons. The fourth-order valence-electron chi connectivity index (χ4n) is 8.08. The Labute approximate surface area is 268 Å². The highest BCUT2D eigenvalue weighted by atomic mass is 16.6. The van der Waals surface area contributed by atoms with Crippen molar-refractivity contribution in [1.82, 2.24) is 0 Å². The van der Waals surface area contributed by atoms with Crippen LogP contribution in [0.4, 0.5) is 0 Å². The molecular formula is C32H46O14. The number of rotatable bonds is 7. The van der Waals surface area contributed by atoms with Crippen molar-refractivity contribution in [3.05, 3.63) is 11.1 Å². The number of aliphatic hydroxyl groups is 2. The van der Waals surface area contributed by atoms with E-state index < -0.39 is 107 Å². The van der Waals surface area contributed by atoms with Crippen LogP contribution in [0.15, 0.2) is 11.1 Å². The van der Waals surface area contributed by atoms with Crippen LogP contribution in [0.25, 0.3) is 0 Å². The molecule has 0 aromatic rings. The lowest BCUT2D eigenvalue weighted by atomic mass is 9.46. The third kappa shape index (κ3) is 6.64. The summed E-state index contributed by atoms with van der Waals surface area (Å²) in [6.45, 7) is 12.9. The van der Waals surface area contributed by atoms with Crippen LogP contribution in [0.1, 0.15) is 82.1 Å². The van der Waals surface area contributed by atoms with Crippen LogP contribution in [0.2, 0.25) is 0 Å². The van der Waals surface area contributed by atoms with E-state index in [0.717, 1.165) is 27.7 Å². The molecule has 3 aliphatic rings. The zero-order chi connectivity index (χ0) is 35.1. The maximum atomic E-state index is 12.9. The number of carbonyl (C=O) groups is 6. The number of ether oxygens (including phenoxy) is 6. The Kier molecular flexibility index (Phi) is 10.7. The SMILES string of the molecule is CC(=O)OC[C@H]1[C@H]2[C@H](O)[C@]3(O)C[C@H](OC(C)=O)C(C)=C([C@@H](OC(C)=O)[C@H](OC(C)=O)[C@]2(C)[C@@H](OC(C)=O)C[C@@H]1OC(C)=O)C3(C)C. The first-order valence-electron chi connectivity index (χ1n) is 15.2. The molecule has 0 aromatic heterocycles. The van der Waals surface area contributed by atoms with Crippen LogP contribution in [0.5, 0.6) is 0 Å². The van der Waals surface area contributed by atoms with Gasteiger partial charge in [0.15, 0.2) is 12.2 Å². The van der Waals surface area contributed by atoms with Crippen molar-refractivity contribution in [3.8, 4) is 0 Å². The molecule has 0 spiro atoms. The molecule has 2 fully saturated rings. The van der Waals surface area contributed by atoms with E-state index in [2.05, 4.69) is 0 Å². The number of hydrogen-bond donors (Lipinski definition) is 2. The summed E-state index contributed by atoms with van der Waals surface area (Å²) < 4.78 is 34.4. The van der Waals surface area contributed by atoms with Crippen LogP contribution in [0, 0.1) is 22.7 Å². The summed E-state index contributed by atoms with van der Waals surface area (Å²) in [7, 11) is 0. The molecule has 3 aliphatic carbocycles. The molecule has 10 atom stereocenters. The Morgan fingerprint density at radius 2 is 1.28 bits per heavy atom. The molecule has 2 bridgehead atoms. The van der Waals surface area contributed by atoms with Crippen LogP contribution in [0.3, 0.4) is 0 Å². The monoisotopic (exact) mass is 654 g/mol. The van der Waals surface area contributed by atoms with Crippen molar-refractivity contribution in [3.63, 3.8) is 0 Å². The van der Waals surface area contributed by atoms with Crippen LogP contribution in [-0.4, -0.2) is 94.9 Å². The summed E-state index contributed by atoms with van der Waals surface area (Å²) in [5.74, 6) is -6.84. The second kappa shape index (κ2) is 13.3. The van der Waals surface area contributed by atoms with Gasteiger partial charge < -0.3 is 38.6 Å². The summed E-state index contributed by atoms with van der Waals surface area (Å²) in [5, 5.41) is 25.4. The second-order valence-electron chi connectivity index (χ2n) is 13.3. The minimum atomic E-state index is -2.17. The highest BCUT2D eigenvalue weighted by Gasteiger charge is 2.72. The van der Waals surface area contributed by atoms with Crippen molar-refractivity contribution in [2.45, 2.75) is 124 Å². The van der Waals surface area contributed by atoms with Gasteiger partial charge in [-0.25, -0.2) is 0 Å². The Balaban J connectivity index is 2.55. The predicted molar refractivity (Wildman–Crippen MR) is 156 cm³/mol. The van der Waals surface area contributed by atoms with Crippen molar-refractivity contribution in [2.24, 2.45) is 22.7 Å². The summed E-state index contributed by atoms with van der Waals surface area (Å²) in [5.41, 5.74) is -4.68. The fraction of sp³-hybridized carbons (Fsp3) is 0.750. The molecule has 0 amide bonds. The molecule has 46 heavy (non-hydrogen) atoms. The molecule has 14 nitrogen and oxygen atoms in total. The van der Waals surface area contributed by atoms with Gasteiger partial charge in [0, 0.05) is 71.6 Å².